The molecule has 0 radical (unpaired) electrons. The van der Waals surface area contributed by atoms with E-state index in [9.17, 15) is 9.59 Å². The van der Waals surface area contributed by atoms with E-state index in [0.717, 1.165) is 22.4 Å². The van der Waals surface area contributed by atoms with E-state index in [4.69, 9.17) is 4.74 Å². The first-order valence-electron chi connectivity index (χ1n) is 8.45. The number of hydrogen-bond donors (Lipinski definition) is 1. The van der Waals surface area contributed by atoms with Crippen molar-refractivity contribution in [3.63, 3.8) is 0 Å². The van der Waals surface area contributed by atoms with E-state index in [0.29, 0.717) is 4.88 Å². The zero-order valence-electron chi connectivity index (χ0n) is 15.4. The van der Waals surface area contributed by atoms with Gasteiger partial charge in [-0.15, -0.1) is 11.3 Å². The Kier molecular flexibility index (Phi) is 6.37. The summed E-state index contributed by atoms with van der Waals surface area (Å²) in [4.78, 5) is 24.9. The van der Waals surface area contributed by atoms with Crippen molar-refractivity contribution in [2.45, 2.75) is 46.5 Å². The standard InChI is InChI=1S/C20H25NO3S/c1-12(2)15-7-6-8-16(13(3)4)18(15)21-17(22)11-24-20(23)19-14(5)9-10-25-19/h6-10,12-13H,11H2,1-5H3,(H,21,22). The van der Waals surface area contributed by atoms with Crippen LogP contribution in [0.4, 0.5) is 5.69 Å². The van der Waals surface area contributed by atoms with Crippen LogP contribution >= 0.6 is 11.3 Å². The monoisotopic (exact) mass is 359 g/mol. The Bertz CT molecular complexity index is 736. The summed E-state index contributed by atoms with van der Waals surface area (Å²) in [6.45, 7) is 9.92. The van der Waals surface area contributed by atoms with Crippen molar-refractivity contribution in [2.75, 3.05) is 11.9 Å². The number of benzene rings is 1. The number of carbonyl (C=O) groups is 2. The molecule has 134 valence electrons. The number of rotatable bonds is 6. The van der Waals surface area contributed by atoms with Gasteiger partial charge in [0, 0.05) is 5.69 Å². The van der Waals surface area contributed by atoms with Crippen molar-refractivity contribution in [1.82, 2.24) is 0 Å². The van der Waals surface area contributed by atoms with Crippen molar-refractivity contribution >= 4 is 28.9 Å². The zero-order chi connectivity index (χ0) is 18.6. The van der Waals surface area contributed by atoms with Gasteiger partial charge >= 0.3 is 5.97 Å². The highest BCUT2D eigenvalue weighted by Crippen LogP contribution is 2.32. The van der Waals surface area contributed by atoms with Gasteiger partial charge in [-0.05, 0) is 46.9 Å². The number of aryl methyl sites for hydroxylation is 1. The summed E-state index contributed by atoms with van der Waals surface area (Å²) in [5, 5.41) is 4.78. The molecule has 0 aliphatic heterocycles. The summed E-state index contributed by atoms with van der Waals surface area (Å²) < 4.78 is 5.16. The summed E-state index contributed by atoms with van der Waals surface area (Å²) in [6, 6.07) is 7.91. The van der Waals surface area contributed by atoms with Gasteiger partial charge in [0.05, 0.1) is 0 Å². The van der Waals surface area contributed by atoms with Crippen LogP contribution in [0.2, 0.25) is 0 Å². The second-order valence-corrected chi connectivity index (χ2v) is 7.59. The number of carbonyl (C=O) groups excluding carboxylic acids is 2. The Morgan fingerprint density at radius 2 is 1.68 bits per heavy atom. The average molecular weight is 359 g/mol. The van der Waals surface area contributed by atoms with E-state index in [1.54, 1.807) is 0 Å². The predicted octanol–water partition coefficient (Wildman–Crippen LogP) is 5.10. The predicted molar refractivity (Wildman–Crippen MR) is 103 cm³/mol. The van der Waals surface area contributed by atoms with Crippen molar-refractivity contribution in [2.24, 2.45) is 0 Å². The van der Waals surface area contributed by atoms with Crippen LogP contribution in [0, 0.1) is 6.92 Å². The Balaban J connectivity index is 2.10. The van der Waals surface area contributed by atoms with Gasteiger partial charge in [0.2, 0.25) is 0 Å². The molecule has 5 heteroatoms. The molecule has 0 bridgehead atoms. The van der Waals surface area contributed by atoms with Crippen molar-refractivity contribution in [1.29, 1.82) is 0 Å². The minimum Gasteiger partial charge on any atom is -0.451 e. The Labute approximate surface area is 153 Å². The third-order valence-electron chi connectivity index (χ3n) is 4.02. The number of amides is 1. The van der Waals surface area contributed by atoms with Gasteiger partial charge in [0.1, 0.15) is 4.88 Å². The van der Waals surface area contributed by atoms with Crippen LogP contribution in [-0.4, -0.2) is 18.5 Å². The lowest BCUT2D eigenvalue weighted by atomic mass is 9.92. The van der Waals surface area contributed by atoms with E-state index < -0.39 is 5.97 Å². The summed E-state index contributed by atoms with van der Waals surface area (Å²) in [5.74, 6) is -0.211. The van der Waals surface area contributed by atoms with E-state index in [-0.39, 0.29) is 24.3 Å². The lowest BCUT2D eigenvalue weighted by Crippen LogP contribution is -2.22. The number of thiophene rings is 1. The molecule has 0 spiro atoms. The molecule has 0 fully saturated rings. The molecular formula is C20H25NO3S. The highest BCUT2D eigenvalue weighted by atomic mass is 32.1. The van der Waals surface area contributed by atoms with Crippen molar-refractivity contribution in [3.05, 3.63) is 51.2 Å². The summed E-state index contributed by atoms with van der Waals surface area (Å²) >= 11 is 1.32. The maximum Gasteiger partial charge on any atom is 0.349 e. The number of esters is 1. The molecule has 0 saturated carbocycles. The van der Waals surface area contributed by atoms with Gasteiger partial charge in [-0.3, -0.25) is 4.79 Å². The largest absolute Gasteiger partial charge is 0.451 e. The molecule has 25 heavy (non-hydrogen) atoms. The van der Waals surface area contributed by atoms with Crippen LogP contribution in [0.3, 0.4) is 0 Å². The first-order valence-corrected chi connectivity index (χ1v) is 9.33. The second-order valence-electron chi connectivity index (χ2n) is 6.68. The smallest absolute Gasteiger partial charge is 0.349 e. The molecule has 0 saturated heterocycles. The lowest BCUT2D eigenvalue weighted by Gasteiger charge is -2.20. The summed E-state index contributed by atoms with van der Waals surface area (Å²) in [7, 11) is 0. The van der Waals surface area contributed by atoms with Crippen LogP contribution in [-0.2, 0) is 9.53 Å². The van der Waals surface area contributed by atoms with Gasteiger partial charge in [-0.1, -0.05) is 45.9 Å². The maximum atomic E-state index is 12.3. The van der Waals surface area contributed by atoms with Gasteiger partial charge in [-0.25, -0.2) is 4.79 Å². The number of anilines is 1. The lowest BCUT2D eigenvalue weighted by molar-refractivity contribution is -0.119. The minimum absolute atomic E-state index is 0.283. The third kappa shape index (κ3) is 4.69. The molecule has 1 heterocycles. The molecule has 0 unspecified atom stereocenters. The SMILES string of the molecule is Cc1ccsc1C(=O)OCC(=O)Nc1c(C(C)C)cccc1C(C)C. The van der Waals surface area contributed by atoms with Gasteiger partial charge in [0.25, 0.3) is 5.91 Å². The molecule has 2 aromatic rings. The molecule has 0 atom stereocenters. The van der Waals surface area contributed by atoms with Crippen LogP contribution in [0.15, 0.2) is 29.6 Å². The first kappa shape index (κ1) is 19.2. The fourth-order valence-corrected chi connectivity index (χ4v) is 3.47. The van der Waals surface area contributed by atoms with Crippen LogP contribution in [0.1, 0.15) is 65.9 Å². The van der Waals surface area contributed by atoms with Gasteiger partial charge in [0.15, 0.2) is 6.61 Å². The number of para-hydroxylation sites is 1. The zero-order valence-corrected chi connectivity index (χ0v) is 16.2. The van der Waals surface area contributed by atoms with Gasteiger partial charge < -0.3 is 10.1 Å². The summed E-state index contributed by atoms with van der Waals surface area (Å²) in [5.41, 5.74) is 3.86. The van der Waals surface area contributed by atoms with E-state index in [1.807, 2.05) is 36.6 Å². The third-order valence-corrected chi connectivity index (χ3v) is 5.02. The molecule has 1 aromatic heterocycles. The molecular weight excluding hydrogens is 334 g/mol. The fraction of sp³-hybridized carbons (Fsp3) is 0.400. The molecule has 1 amide bonds. The van der Waals surface area contributed by atoms with Crippen LogP contribution in [0.5, 0.6) is 0 Å². The highest BCUT2D eigenvalue weighted by Gasteiger charge is 2.18. The Morgan fingerprint density at radius 1 is 1.08 bits per heavy atom. The van der Waals surface area contributed by atoms with Crippen LogP contribution in [0.25, 0.3) is 0 Å². The van der Waals surface area contributed by atoms with Crippen LogP contribution < -0.4 is 5.32 Å². The normalized spacial score (nSPS) is 11.0. The summed E-state index contributed by atoms with van der Waals surface area (Å²) in [6.07, 6.45) is 0. The van der Waals surface area contributed by atoms with E-state index >= 15 is 0 Å². The topological polar surface area (TPSA) is 55.4 Å². The van der Waals surface area contributed by atoms with E-state index in [1.165, 1.54) is 11.3 Å². The molecule has 2 rings (SSSR count). The van der Waals surface area contributed by atoms with Crippen molar-refractivity contribution in [3.8, 4) is 0 Å². The molecule has 4 nitrogen and oxygen atoms in total. The minimum atomic E-state index is -0.455. The van der Waals surface area contributed by atoms with E-state index in [2.05, 4.69) is 33.0 Å². The highest BCUT2D eigenvalue weighted by molar-refractivity contribution is 7.12. The quantitative estimate of drug-likeness (QED) is 0.730. The maximum absolute atomic E-state index is 12.3. The first-order chi connectivity index (χ1) is 11.8. The molecule has 0 aliphatic carbocycles. The van der Waals surface area contributed by atoms with Gasteiger partial charge in [-0.2, -0.15) is 0 Å². The van der Waals surface area contributed by atoms with Crippen molar-refractivity contribution < 1.29 is 14.3 Å². The molecule has 1 aromatic carbocycles. The Hall–Kier alpha value is -2.14. The fourth-order valence-electron chi connectivity index (χ4n) is 2.65. The number of hydrogen-bond acceptors (Lipinski definition) is 4. The molecule has 0 aliphatic rings. The average Bonchev–Trinajstić information content (AvgIpc) is 2.98. The number of ether oxygens (including phenoxy) is 1. The molecule has 1 N–H and O–H groups in total. The second kappa shape index (κ2) is 8.30. The number of nitrogens with one attached hydrogen (secondary N) is 1. The Morgan fingerprint density at radius 3 is 2.16 bits per heavy atom.